The van der Waals surface area contributed by atoms with E-state index in [-0.39, 0.29) is 5.75 Å². The van der Waals surface area contributed by atoms with Crippen molar-refractivity contribution >= 4 is 0 Å². The molecule has 0 aromatic heterocycles. The highest BCUT2D eigenvalue weighted by atomic mass is 16.5. The first-order valence-electron chi connectivity index (χ1n) is 7.83. The molecule has 0 bridgehead atoms. The van der Waals surface area contributed by atoms with Gasteiger partial charge in [-0.15, -0.1) is 0 Å². The van der Waals surface area contributed by atoms with Crippen LogP contribution in [-0.2, 0) is 6.54 Å². The molecule has 5 heteroatoms. The van der Waals surface area contributed by atoms with Crippen LogP contribution in [0.2, 0.25) is 0 Å². The van der Waals surface area contributed by atoms with E-state index in [1.54, 1.807) is 13.2 Å². The van der Waals surface area contributed by atoms with Crippen LogP contribution in [0.1, 0.15) is 26.3 Å². The lowest BCUT2D eigenvalue weighted by Gasteiger charge is -2.41. The predicted molar refractivity (Wildman–Crippen MR) is 87.3 cm³/mol. The predicted octanol–water partition coefficient (Wildman–Crippen LogP) is 1.68. The molecule has 0 aliphatic carbocycles. The van der Waals surface area contributed by atoms with Crippen molar-refractivity contribution in [1.29, 1.82) is 0 Å². The number of rotatable bonds is 5. The lowest BCUT2D eigenvalue weighted by Crippen LogP contribution is -2.54. The van der Waals surface area contributed by atoms with Gasteiger partial charge in [-0.2, -0.15) is 0 Å². The molecule has 0 unspecified atom stereocenters. The largest absolute Gasteiger partial charge is 0.504 e. The molecule has 124 valence electrons. The molecule has 2 N–H and O–H groups in total. The molecular formula is C17H28N2O3. The SMILES string of the molecule is COc1cc(CN2CCN(CC(C)(C)O)C[C@H]2C)ccc1O. The summed E-state index contributed by atoms with van der Waals surface area (Å²) in [5.41, 5.74) is 0.490. The first-order chi connectivity index (χ1) is 10.3. The van der Waals surface area contributed by atoms with Crippen molar-refractivity contribution in [2.45, 2.75) is 39.0 Å². The van der Waals surface area contributed by atoms with Crippen LogP contribution < -0.4 is 4.74 Å². The molecule has 1 fully saturated rings. The van der Waals surface area contributed by atoms with Crippen LogP contribution in [0.3, 0.4) is 0 Å². The fourth-order valence-corrected chi connectivity index (χ4v) is 3.05. The number of aromatic hydroxyl groups is 1. The van der Waals surface area contributed by atoms with Gasteiger partial charge in [0, 0.05) is 38.8 Å². The van der Waals surface area contributed by atoms with Crippen LogP contribution in [0.5, 0.6) is 11.5 Å². The van der Waals surface area contributed by atoms with Crippen LogP contribution in [0.4, 0.5) is 0 Å². The molecule has 0 amide bonds. The smallest absolute Gasteiger partial charge is 0.160 e. The number of hydrogen-bond donors (Lipinski definition) is 2. The van der Waals surface area contributed by atoms with E-state index in [0.29, 0.717) is 18.3 Å². The van der Waals surface area contributed by atoms with Crippen molar-refractivity contribution in [2.24, 2.45) is 0 Å². The Morgan fingerprint density at radius 3 is 2.64 bits per heavy atom. The van der Waals surface area contributed by atoms with Gasteiger partial charge >= 0.3 is 0 Å². The number of hydrogen-bond acceptors (Lipinski definition) is 5. The van der Waals surface area contributed by atoms with E-state index in [0.717, 1.165) is 31.7 Å². The van der Waals surface area contributed by atoms with E-state index < -0.39 is 5.60 Å². The Bertz CT molecular complexity index is 499. The maximum Gasteiger partial charge on any atom is 0.160 e. The van der Waals surface area contributed by atoms with Gasteiger partial charge < -0.3 is 14.9 Å². The fourth-order valence-electron chi connectivity index (χ4n) is 3.05. The topological polar surface area (TPSA) is 56.2 Å². The number of benzene rings is 1. The Balaban J connectivity index is 1.95. The first kappa shape index (κ1) is 17.1. The minimum Gasteiger partial charge on any atom is -0.504 e. The van der Waals surface area contributed by atoms with Crippen molar-refractivity contribution in [1.82, 2.24) is 9.80 Å². The highest BCUT2D eigenvalue weighted by Crippen LogP contribution is 2.27. The van der Waals surface area contributed by atoms with Gasteiger partial charge in [0.1, 0.15) is 0 Å². The van der Waals surface area contributed by atoms with Crippen molar-refractivity contribution in [3.63, 3.8) is 0 Å². The summed E-state index contributed by atoms with van der Waals surface area (Å²) in [7, 11) is 1.57. The summed E-state index contributed by atoms with van der Waals surface area (Å²) in [4.78, 5) is 4.74. The number of methoxy groups -OCH3 is 1. The van der Waals surface area contributed by atoms with E-state index in [2.05, 4.69) is 16.7 Å². The zero-order valence-electron chi connectivity index (χ0n) is 14.0. The number of piperazine rings is 1. The standard InChI is InChI=1S/C17H28N2O3/c1-13-10-18(12-17(2,3)21)7-8-19(13)11-14-5-6-15(20)16(9-14)22-4/h5-6,9,13,20-21H,7-8,10-12H2,1-4H3/t13-/m1/s1. The Labute approximate surface area is 133 Å². The minimum absolute atomic E-state index is 0.175. The van der Waals surface area contributed by atoms with Crippen LogP contribution in [0.15, 0.2) is 18.2 Å². The van der Waals surface area contributed by atoms with Crippen molar-refractivity contribution in [3.8, 4) is 11.5 Å². The van der Waals surface area contributed by atoms with Gasteiger partial charge in [0.2, 0.25) is 0 Å². The van der Waals surface area contributed by atoms with Crippen LogP contribution in [-0.4, -0.2) is 64.9 Å². The monoisotopic (exact) mass is 308 g/mol. The molecule has 0 spiro atoms. The van der Waals surface area contributed by atoms with Crippen LogP contribution >= 0.6 is 0 Å². The molecule has 22 heavy (non-hydrogen) atoms. The zero-order valence-corrected chi connectivity index (χ0v) is 14.0. The number of nitrogens with zero attached hydrogens (tertiary/aromatic N) is 2. The summed E-state index contributed by atoms with van der Waals surface area (Å²) in [6.07, 6.45) is 0. The van der Waals surface area contributed by atoms with E-state index >= 15 is 0 Å². The summed E-state index contributed by atoms with van der Waals surface area (Å²) in [5.74, 6) is 0.695. The number of phenolic OH excluding ortho intramolecular Hbond substituents is 1. The maximum absolute atomic E-state index is 9.95. The van der Waals surface area contributed by atoms with Crippen molar-refractivity contribution < 1.29 is 14.9 Å². The summed E-state index contributed by atoms with van der Waals surface area (Å²) < 4.78 is 5.17. The van der Waals surface area contributed by atoms with Gasteiger partial charge in [0.05, 0.1) is 12.7 Å². The molecule has 1 aromatic rings. The Hall–Kier alpha value is -1.30. The summed E-state index contributed by atoms with van der Waals surface area (Å²) in [6, 6.07) is 5.94. The van der Waals surface area contributed by atoms with Gasteiger partial charge in [-0.05, 0) is 38.5 Å². The highest BCUT2D eigenvalue weighted by Gasteiger charge is 2.27. The lowest BCUT2D eigenvalue weighted by molar-refractivity contribution is 0.00196. The summed E-state index contributed by atoms with van der Waals surface area (Å²) in [5, 5.41) is 19.6. The van der Waals surface area contributed by atoms with Gasteiger partial charge in [0.25, 0.3) is 0 Å². The number of phenols is 1. The zero-order chi connectivity index (χ0) is 16.3. The van der Waals surface area contributed by atoms with Gasteiger partial charge in [-0.3, -0.25) is 9.80 Å². The molecule has 1 aliphatic heterocycles. The van der Waals surface area contributed by atoms with Gasteiger partial charge in [-0.25, -0.2) is 0 Å². The highest BCUT2D eigenvalue weighted by molar-refractivity contribution is 5.41. The van der Waals surface area contributed by atoms with Gasteiger partial charge in [-0.1, -0.05) is 6.07 Å². The number of β-amino-alcohol motifs (C(OH)–C–C–N with tert-alkyl or cyclic N) is 1. The Morgan fingerprint density at radius 2 is 2.05 bits per heavy atom. The third kappa shape index (κ3) is 4.60. The molecule has 1 atom stereocenters. The summed E-state index contributed by atoms with van der Waals surface area (Å²) >= 11 is 0. The van der Waals surface area contributed by atoms with E-state index in [1.165, 1.54) is 0 Å². The lowest BCUT2D eigenvalue weighted by atomic mass is 10.1. The van der Waals surface area contributed by atoms with Crippen molar-refractivity contribution in [2.75, 3.05) is 33.3 Å². The average molecular weight is 308 g/mol. The van der Waals surface area contributed by atoms with Crippen molar-refractivity contribution in [3.05, 3.63) is 23.8 Å². The molecule has 0 radical (unpaired) electrons. The van der Waals surface area contributed by atoms with Gasteiger partial charge in [0.15, 0.2) is 11.5 Å². The second kappa shape index (κ2) is 6.86. The molecule has 1 aliphatic rings. The normalized spacial score (nSPS) is 21.0. The summed E-state index contributed by atoms with van der Waals surface area (Å²) in [6.45, 7) is 10.4. The molecule has 1 heterocycles. The third-order valence-electron chi connectivity index (χ3n) is 4.09. The number of ether oxygens (including phenoxy) is 1. The molecule has 0 saturated carbocycles. The maximum atomic E-state index is 9.95. The Morgan fingerprint density at radius 1 is 1.32 bits per heavy atom. The van der Waals surface area contributed by atoms with Crippen LogP contribution in [0.25, 0.3) is 0 Å². The second-order valence-electron chi connectivity index (χ2n) is 6.87. The second-order valence-corrected chi connectivity index (χ2v) is 6.87. The van der Waals surface area contributed by atoms with E-state index in [9.17, 15) is 10.2 Å². The molecule has 5 nitrogen and oxygen atoms in total. The molecule has 1 aromatic carbocycles. The van der Waals surface area contributed by atoms with E-state index in [1.807, 2.05) is 26.0 Å². The Kier molecular flexibility index (Phi) is 5.32. The number of aliphatic hydroxyl groups is 1. The minimum atomic E-state index is -0.647. The van der Waals surface area contributed by atoms with E-state index in [4.69, 9.17) is 4.74 Å². The average Bonchev–Trinajstić information content (AvgIpc) is 2.42. The molecular weight excluding hydrogens is 280 g/mol. The first-order valence-corrected chi connectivity index (χ1v) is 7.83. The molecule has 2 rings (SSSR count). The molecule has 1 saturated heterocycles. The third-order valence-corrected chi connectivity index (χ3v) is 4.09. The fraction of sp³-hybridized carbons (Fsp3) is 0.647. The quantitative estimate of drug-likeness (QED) is 0.867. The van der Waals surface area contributed by atoms with Crippen LogP contribution in [0, 0.1) is 0 Å².